The molecule has 0 saturated heterocycles. The van der Waals surface area contributed by atoms with Gasteiger partial charge in [-0.15, -0.1) is 0 Å². The van der Waals surface area contributed by atoms with E-state index in [-0.39, 0.29) is 0 Å². The second kappa shape index (κ2) is 4.93. The van der Waals surface area contributed by atoms with Crippen LogP contribution in [0, 0.1) is 6.92 Å². The van der Waals surface area contributed by atoms with Gasteiger partial charge in [-0.25, -0.2) is 9.97 Å². The minimum absolute atomic E-state index is 0.446. The number of nitrogens with zero attached hydrogens (tertiary/aromatic N) is 2. The smallest absolute Gasteiger partial charge is 0.216 e. The zero-order valence-electron chi connectivity index (χ0n) is 9.79. The third kappa shape index (κ3) is 2.60. The molecule has 0 fully saturated rings. The fraction of sp³-hybridized carbons (Fsp3) is 0.231. The van der Waals surface area contributed by atoms with Crippen molar-refractivity contribution in [1.29, 1.82) is 0 Å². The summed E-state index contributed by atoms with van der Waals surface area (Å²) >= 11 is 0. The summed E-state index contributed by atoms with van der Waals surface area (Å²) in [4.78, 5) is 7.96. The standard InChI is InChI=1S/C13H14N2O2/c1-9-4-3-5-10(6-9)13(16)11-7-12(17-2)15-8-14-11/h3-8,13,16H,1-2H3. The van der Waals surface area contributed by atoms with Crippen LogP contribution in [0.3, 0.4) is 0 Å². The molecule has 2 rings (SSSR count). The Bertz CT molecular complexity index is 514. The SMILES string of the molecule is COc1cc(C(O)c2cccc(C)c2)ncn1. The monoisotopic (exact) mass is 230 g/mol. The van der Waals surface area contributed by atoms with E-state index in [4.69, 9.17) is 4.74 Å². The molecule has 0 aliphatic carbocycles. The normalized spacial score (nSPS) is 12.2. The molecule has 17 heavy (non-hydrogen) atoms. The van der Waals surface area contributed by atoms with Gasteiger partial charge < -0.3 is 9.84 Å². The van der Waals surface area contributed by atoms with Gasteiger partial charge in [0.1, 0.15) is 12.4 Å². The Hall–Kier alpha value is -1.94. The summed E-state index contributed by atoms with van der Waals surface area (Å²) < 4.78 is 5.00. The molecule has 0 radical (unpaired) electrons. The van der Waals surface area contributed by atoms with Gasteiger partial charge in [-0.05, 0) is 12.5 Å². The van der Waals surface area contributed by atoms with Crippen molar-refractivity contribution in [1.82, 2.24) is 9.97 Å². The summed E-state index contributed by atoms with van der Waals surface area (Å²) in [7, 11) is 1.53. The van der Waals surface area contributed by atoms with E-state index in [1.54, 1.807) is 6.07 Å². The molecule has 0 spiro atoms. The molecule has 0 aliphatic rings. The molecule has 0 saturated carbocycles. The van der Waals surface area contributed by atoms with Crippen LogP contribution in [0.1, 0.15) is 22.9 Å². The van der Waals surface area contributed by atoms with Gasteiger partial charge in [-0.2, -0.15) is 0 Å². The van der Waals surface area contributed by atoms with Crippen LogP contribution in [0.25, 0.3) is 0 Å². The van der Waals surface area contributed by atoms with Gasteiger partial charge >= 0.3 is 0 Å². The summed E-state index contributed by atoms with van der Waals surface area (Å²) in [5, 5.41) is 10.2. The van der Waals surface area contributed by atoms with Crippen molar-refractivity contribution in [2.24, 2.45) is 0 Å². The van der Waals surface area contributed by atoms with Gasteiger partial charge in [0.2, 0.25) is 5.88 Å². The molecule has 0 aliphatic heterocycles. The van der Waals surface area contributed by atoms with E-state index in [1.807, 2.05) is 31.2 Å². The highest BCUT2D eigenvalue weighted by atomic mass is 16.5. The zero-order chi connectivity index (χ0) is 12.3. The number of aliphatic hydroxyl groups is 1. The van der Waals surface area contributed by atoms with Crippen LogP contribution in [-0.2, 0) is 0 Å². The second-order valence-corrected chi connectivity index (χ2v) is 3.80. The summed E-state index contributed by atoms with van der Waals surface area (Å²) in [6, 6.07) is 9.32. The molecule has 1 aromatic carbocycles. The Morgan fingerprint density at radius 1 is 1.24 bits per heavy atom. The van der Waals surface area contributed by atoms with Crippen LogP contribution in [0.4, 0.5) is 0 Å². The van der Waals surface area contributed by atoms with Crippen LogP contribution in [0.2, 0.25) is 0 Å². The van der Waals surface area contributed by atoms with Crippen molar-refractivity contribution in [2.45, 2.75) is 13.0 Å². The minimum Gasteiger partial charge on any atom is -0.481 e. The number of ether oxygens (including phenoxy) is 1. The maximum absolute atomic E-state index is 10.2. The average molecular weight is 230 g/mol. The van der Waals surface area contributed by atoms with Crippen molar-refractivity contribution in [3.05, 3.63) is 53.5 Å². The number of hydrogen-bond donors (Lipinski definition) is 1. The lowest BCUT2D eigenvalue weighted by atomic mass is 10.0. The molecule has 1 atom stereocenters. The van der Waals surface area contributed by atoms with Crippen molar-refractivity contribution in [3.8, 4) is 5.88 Å². The highest BCUT2D eigenvalue weighted by molar-refractivity contribution is 5.30. The Morgan fingerprint density at radius 2 is 2.06 bits per heavy atom. The number of aryl methyl sites for hydroxylation is 1. The Kier molecular flexibility index (Phi) is 3.35. The Morgan fingerprint density at radius 3 is 2.76 bits per heavy atom. The van der Waals surface area contributed by atoms with Gasteiger partial charge in [0.05, 0.1) is 12.8 Å². The summed E-state index contributed by atoms with van der Waals surface area (Å²) in [6.45, 7) is 1.98. The topological polar surface area (TPSA) is 55.2 Å². The number of benzene rings is 1. The maximum atomic E-state index is 10.2. The molecule has 4 heteroatoms. The molecule has 0 bridgehead atoms. The lowest BCUT2D eigenvalue weighted by Crippen LogP contribution is -2.03. The number of aromatic nitrogens is 2. The Balaban J connectivity index is 2.33. The third-order valence-corrected chi connectivity index (χ3v) is 2.51. The number of methoxy groups -OCH3 is 1. The first-order valence-corrected chi connectivity index (χ1v) is 5.31. The number of aliphatic hydroxyl groups excluding tert-OH is 1. The van der Waals surface area contributed by atoms with E-state index in [0.717, 1.165) is 11.1 Å². The van der Waals surface area contributed by atoms with Crippen molar-refractivity contribution >= 4 is 0 Å². The zero-order valence-corrected chi connectivity index (χ0v) is 9.79. The van der Waals surface area contributed by atoms with Crippen LogP contribution in [0.15, 0.2) is 36.7 Å². The van der Waals surface area contributed by atoms with E-state index >= 15 is 0 Å². The van der Waals surface area contributed by atoms with Gasteiger partial charge in [0.25, 0.3) is 0 Å². The molecule has 0 amide bonds. The molecular formula is C13H14N2O2. The third-order valence-electron chi connectivity index (χ3n) is 2.51. The van der Waals surface area contributed by atoms with E-state index < -0.39 is 6.10 Å². The molecule has 2 aromatic rings. The average Bonchev–Trinajstić information content (AvgIpc) is 2.38. The fourth-order valence-electron chi connectivity index (χ4n) is 1.63. The van der Waals surface area contributed by atoms with Crippen molar-refractivity contribution in [2.75, 3.05) is 7.11 Å². The predicted molar refractivity (Wildman–Crippen MR) is 63.8 cm³/mol. The number of rotatable bonds is 3. The highest BCUT2D eigenvalue weighted by Crippen LogP contribution is 2.22. The fourth-order valence-corrected chi connectivity index (χ4v) is 1.63. The van der Waals surface area contributed by atoms with Crippen LogP contribution >= 0.6 is 0 Å². The molecule has 1 N–H and O–H groups in total. The molecule has 4 nitrogen and oxygen atoms in total. The van der Waals surface area contributed by atoms with E-state index in [9.17, 15) is 5.11 Å². The van der Waals surface area contributed by atoms with Gasteiger partial charge in [0.15, 0.2) is 0 Å². The predicted octanol–water partition coefficient (Wildman–Crippen LogP) is 1.88. The summed E-state index contributed by atoms with van der Waals surface area (Å²) in [5.41, 5.74) is 2.44. The molecule has 88 valence electrons. The quantitative estimate of drug-likeness (QED) is 0.874. The lowest BCUT2D eigenvalue weighted by Gasteiger charge is -2.11. The molecule has 1 unspecified atom stereocenters. The first-order valence-electron chi connectivity index (χ1n) is 5.31. The Labute approximate surface area is 99.9 Å². The maximum Gasteiger partial charge on any atom is 0.216 e. The van der Waals surface area contributed by atoms with Gasteiger partial charge in [-0.3, -0.25) is 0 Å². The molecule has 1 heterocycles. The largest absolute Gasteiger partial charge is 0.481 e. The van der Waals surface area contributed by atoms with Gasteiger partial charge in [-0.1, -0.05) is 29.8 Å². The van der Waals surface area contributed by atoms with Crippen LogP contribution < -0.4 is 4.74 Å². The van der Waals surface area contributed by atoms with E-state index in [0.29, 0.717) is 11.6 Å². The lowest BCUT2D eigenvalue weighted by molar-refractivity contribution is 0.214. The first kappa shape index (κ1) is 11.5. The highest BCUT2D eigenvalue weighted by Gasteiger charge is 2.12. The molecule has 1 aromatic heterocycles. The summed E-state index contributed by atoms with van der Waals surface area (Å²) in [6.07, 6.45) is 0.625. The van der Waals surface area contributed by atoms with Gasteiger partial charge in [0, 0.05) is 6.07 Å². The number of hydrogen-bond acceptors (Lipinski definition) is 4. The second-order valence-electron chi connectivity index (χ2n) is 3.80. The first-order chi connectivity index (χ1) is 8.20. The van der Waals surface area contributed by atoms with Crippen molar-refractivity contribution < 1.29 is 9.84 Å². The summed E-state index contributed by atoms with van der Waals surface area (Å²) in [5.74, 6) is 0.446. The van der Waals surface area contributed by atoms with Crippen LogP contribution in [-0.4, -0.2) is 22.2 Å². The van der Waals surface area contributed by atoms with Crippen LogP contribution in [0.5, 0.6) is 5.88 Å². The van der Waals surface area contributed by atoms with Crippen molar-refractivity contribution in [3.63, 3.8) is 0 Å². The minimum atomic E-state index is -0.758. The van der Waals surface area contributed by atoms with E-state index in [2.05, 4.69) is 9.97 Å². The van der Waals surface area contributed by atoms with E-state index in [1.165, 1.54) is 13.4 Å². The molecular weight excluding hydrogens is 216 g/mol.